The molecule has 1 aliphatic rings. The van der Waals surface area contributed by atoms with E-state index in [2.05, 4.69) is 9.64 Å². The SMILES string of the molecule is COC(=O)C(N)Cc1ccc(N2CCCCC2)o1. The first kappa shape index (κ1) is 13.0. The molecule has 0 radical (unpaired) electrons. The Morgan fingerprint density at radius 3 is 2.83 bits per heavy atom. The van der Waals surface area contributed by atoms with Crippen LogP contribution in [0.3, 0.4) is 0 Å². The van der Waals surface area contributed by atoms with Gasteiger partial charge < -0.3 is 19.8 Å². The van der Waals surface area contributed by atoms with Gasteiger partial charge in [0.05, 0.1) is 7.11 Å². The van der Waals surface area contributed by atoms with Gasteiger partial charge in [0.25, 0.3) is 0 Å². The van der Waals surface area contributed by atoms with Gasteiger partial charge in [-0.1, -0.05) is 0 Å². The van der Waals surface area contributed by atoms with Crippen LogP contribution in [0.5, 0.6) is 0 Å². The summed E-state index contributed by atoms with van der Waals surface area (Å²) in [7, 11) is 1.34. The maximum absolute atomic E-state index is 11.2. The molecule has 1 aromatic heterocycles. The van der Waals surface area contributed by atoms with E-state index in [0.717, 1.165) is 24.7 Å². The predicted octanol–water partition coefficient (Wildman–Crippen LogP) is 1.31. The van der Waals surface area contributed by atoms with E-state index < -0.39 is 12.0 Å². The van der Waals surface area contributed by atoms with Crippen molar-refractivity contribution >= 4 is 11.9 Å². The molecule has 0 saturated carbocycles. The Morgan fingerprint density at radius 1 is 1.44 bits per heavy atom. The van der Waals surface area contributed by atoms with E-state index in [1.54, 1.807) is 0 Å². The van der Waals surface area contributed by atoms with Crippen molar-refractivity contribution in [2.45, 2.75) is 31.7 Å². The first-order valence-electron chi connectivity index (χ1n) is 6.38. The smallest absolute Gasteiger partial charge is 0.323 e. The van der Waals surface area contributed by atoms with Crippen molar-refractivity contribution in [1.82, 2.24) is 0 Å². The molecule has 0 bridgehead atoms. The number of ether oxygens (including phenoxy) is 1. The molecule has 1 saturated heterocycles. The number of furan rings is 1. The Kier molecular flexibility index (Phi) is 4.25. The van der Waals surface area contributed by atoms with Gasteiger partial charge in [-0.25, -0.2) is 0 Å². The van der Waals surface area contributed by atoms with Crippen LogP contribution < -0.4 is 10.6 Å². The fraction of sp³-hybridized carbons (Fsp3) is 0.615. The third kappa shape index (κ3) is 3.04. The summed E-state index contributed by atoms with van der Waals surface area (Å²) in [6.07, 6.45) is 4.08. The molecule has 1 atom stereocenters. The fourth-order valence-corrected chi connectivity index (χ4v) is 2.21. The average Bonchev–Trinajstić information content (AvgIpc) is 2.87. The number of carbonyl (C=O) groups excluding carboxylic acids is 1. The summed E-state index contributed by atoms with van der Waals surface area (Å²) in [5.41, 5.74) is 5.70. The Labute approximate surface area is 107 Å². The average molecular weight is 252 g/mol. The molecular weight excluding hydrogens is 232 g/mol. The van der Waals surface area contributed by atoms with Crippen molar-refractivity contribution < 1.29 is 13.9 Å². The third-order valence-corrected chi connectivity index (χ3v) is 3.24. The summed E-state index contributed by atoms with van der Waals surface area (Å²) in [5, 5.41) is 0. The van der Waals surface area contributed by atoms with E-state index in [9.17, 15) is 4.79 Å². The molecule has 2 heterocycles. The first-order valence-corrected chi connectivity index (χ1v) is 6.38. The predicted molar refractivity (Wildman–Crippen MR) is 68.5 cm³/mol. The number of nitrogens with two attached hydrogens (primary N) is 1. The second kappa shape index (κ2) is 5.91. The molecule has 2 N–H and O–H groups in total. The van der Waals surface area contributed by atoms with Gasteiger partial charge >= 0.3 is 5.97 Å². The van der Waals surface area contributed by atoms with Crippen molar-refractivity contribution in [1.29, 1.82) is 0 Å². The number of carbonyl (C=O) groups is 1. The van der Waals surface area contributed by atoms with Gasteiger partial charge in [-0.3, -0.25) is 4.79 Å². The number of piperidine rings is 1. The van der Waals surface area contributed by atoms with Gasteiger partial charge in [0.1, 0.15) is 11.8 Å². The maximum Gasteiger partial charge on any atom is 0.323 e. The van der Waals surface area contributed by atoms with E-state index in [1.165, 1.54) is 26.4 Å². The lowest BCUT2D eigenvalue weighted by Gasteiger charge is -2.26. The second-order valence-corrected chi connectivity index (χ2v) is 4.62. The third-order valence-electron chi connectivity index (χ3n) is 3.24. The molecule has 2 rings (SSSR count). The number of hydrogen-bond donors (Lipinski definition) is 1. The van der Waals surface area contributed by atoms with Crippen LogP contribution >= 0.6 is 0 Å². The molecule has 0 aliphatic carbocycles. The van der Waals surface area contributed by atoms with E-state index in [4.69, 9.17) is 10.2 Å². The zero-order valence-corrected chi connectivity index (χ0v) is 10.7. The summed E-state index contributed by atoms with van der Waals surface area (Å²) in [5.74, 6) is 1.20. The normalized spacial score (nSPS) is 17.6. The highest BCUT2D eigenvalue weighted by Crippen LogP contribution is 2.23. The highest BCUT2D eigenvalue weighted by atomic mass is 16.5. The number of methoxy groups -OCH3 is 1. The van der Waals surface area contributed by atoms with Crippen LogP contribution in [-0.2, 0) is 16.0 Å². The standard InChI is InChI=1S/C13H20N2O3/c1-17-13(16)11(14)9-10-5-6-12(18-10)15-7-3-2-4-8-15/h5-6,11H,2-4,7-9,14H2,1H3. The minimum atomic E-state index is -0.657. The largest absolute Gasteiger partial charge is 0.468 e. The second-order valence-electron chi connectivity index (χ2n) is 4.62. The fourth-order valence-electron chi connectivity index (χ4n) is 2.21. The lowest BCUT2D eigenvalue weighted by Crippen LogP contribution is -2.33. The van der Waals surface area contributed by atoms with Gasteiger partial charge in [-0.2, -0.15) is 0 Å². The van der Waals surface area contributed by atoms with Gasteiger partial charge in [0.2, 0.25) is 0 Å². The molecule has 5 nitrogen and oxygen atoms in total. The number of anilines is 1. The lowest BCUT2D eigenvalue weighted by atomic mass is 10.1. The van der Waals surface area contributed by atoms with Gasteiger partial charge in [-0.05, 0) is 25.3 Å². The van der Waals surface area contributed by atoms with E-state index in [0.29, 0.717) is 6.42 Å². The van der Waals surface area contributed by atoms with E-state index in [1.807, 2.05) is 12.1 Å². The molecule has 0 aromatic carbocycles. The van der Waals surface area contributed by atoms with Crippen molar-refractivity contribution in [3.05, 3.63) is 17.9 Å². The molecule has 1 aliphatic heterocycles. The molecule has 0 spiro atoms. The Bertz CT molecular complexity index is 397. The van der Waals surface area contributed by atoms with Crippen LogP contribution in [0.2, 0.25) is 0 Å². The van der Waals surface area contributed by atoms with Gasteiger partial charge in [0.15, 0.2) is 5.88 Å². The lowest BCUT2D eigenvalue weighted by molar-refractivity contribution is -0.142. The van der Waals surface area contributed by atoms with Crippen LogP contribution in [0.4, 0.5) is 5.88 Å². The van der Waals surface area contributed by atoms with E-state index >= 15 is 0 Å². The maximum atomic E-state index is 11.2. The van der Waals surface area contributed by atoms with Crippen LogP contribution in [0, 0.1) is 0 Å². The Balaban J connectivity index is 1.95. The van der Waals surface area contributed by atoms with E-state index in [-0.39, 0.29) is 0 Å². The zero-order chi connectivity index (χ0) is 13.0. The van der Waals surface area contributed by atoms with Crippen LogP contribution in [0.25, 0.3) is 0 Å². The number of nitrogens with zero attached hydrogens (tertiary/aromatic N) is 1. The van der Waals surface area contributed by atoms with Gasteiger partial charge in [0, 0.05) is 25.6 Å². The zero-order valence-electron chi connectivity index (χ0n) is 10.7. The summed E-state index contributed by atoms with van der Waals surface area (Å²) < 4.78 is 10.3. The number of esters is 1. The molecule has 1 aromatic rings. The van der Waals surface area contributed by atoms with Crippen molar-refractivity contribution in [2.75, 3.05) is 25.1 Å². The summed E-state index contributed by atoms with van der Waals surface area (Å²) in [6, 6.07) is 3.17. The van der Waals surface area contributed by atoms with Crippen molar-refractivity contribution in [2.24, 2.45) is 5.73 Å². The summed E-state index contributed by atoms with van der Waals surface area (Å²) >= 11 is 0. The Hall–Kier alpha value is -1.49. The van der Waals surface area contributed by atoms with Crippen molar-refractivity contribution in [3.8, 4) is 0 Å². The van der Waals surface area contributed by atoms with Crippen molar-refractivity contribution in [3.63, 3.8) is 0 Å². The monoisotopic (exact) mass is 252 g/mol. The molecule has 1 unspecified atom stereocenters. The highest BCUT2D eigenvalue weighted by molar-refractivity contribution is 5.75. The topological polar surface area (TPSA) is 68.7 Å². The van der Waals surface area contributed by atoms with Gasteiger partial charge in [-0.15, -0.1) is 0 Å². The summed E-state index contributed by atoms with van der Waals surface area (Å²) in [6.45, 7) is 2.08. The quantitative estimate of drug-likeness (QED) is 0.818. The highest BCUT2D eigenvalue weighted by Gasteiger charge is 2.18. The minimum absolute atomic E-state index is 0.376. The Morgan fingerprint density at radius 2 is 2.17 bits per heavy atom. The first-order chi connectivity index (χ1) is 8.70. The summed E-state index contributed by atoms with van der Waals surface area (Å²) in [4.78, 5) is 13.5. The molecule has 1 fully saturated rings. The van der Waals surface area contributed by atoms with Crippen LogP contribution in [-0.4, -0.2) is 32.2 Å². The van der Waals surface area contributed by atoms with Crippen LogP contribution in [0.15, 0.2) is 16.5 Å². The number of hydrogen-bond acceptors (Lipinski definition) is 5. The number of rotatable bonds is 4. The minimum Gasteiger partial charge on any atom is -0.468 e. The molecule has 5 heteroatoms. The van der Waals surface area contributed by atoms with Crippen LogP contribution in [0.1, 0.15) is 25.0 Å². The molecule has 100 valence electrons. The molecule has 18 heavy (non-hydrogen) atoms. The molecule has 0 amide bonds. The molecular formula is C13H20N2O3.